The minimum Gasteiger partial charge on any atom is -0.395 e. The van der Waals surface area contributed by atoms with Gasteiger partial charge >= 0.3 is 0 Å². The highest BCUT2D eigenvalue weighted by Crippen LogP contribution is 2.06. The van der Waals surface area contributed by atoms with Crippen molar-refractivity contribution in [3.63, 3.8) is 0 Å². The molecule has 0 amide bonds. The van der Waals surface area contributed by atoms with Crippen molar-refractivity contribution >= 4 is 15.9 Å². The molecule has 1 unspecified atom stereocenters. The normalized spacial score (nSPS) is 15.4. The monoisotopic (exact) mass is 261 g/mol. The Kier molecular flexibility index (Phi) is 4.57. The van der Waals surface area contributed by atoms with Crippen molar-refractivity contribution in [2.75, 3.05) is 6.61 Å². The number of rotatable bonds is 5. The predicted molar refractivity (Wildman–Crippen MR) is 59.1 cm³/mol. The number of aromatic nitrogens is 2. The van der Waals surface area contributed by atoms with Crippen molar-refractivity contribution < 1.29 is 5.11 Å². The highest BCUT2D eigenvalue weighted by Gasteiger charge is 2.07. The van der Waals surface area contributed by atoms with Gasteiger partial charge < -0.3 is 10.4 Å². The summed E-state index contributed by atoms with van der Waals surface area (Å²) in [5.74, 6) is 0. The molecule has 1 aromatic heterocycles. The molecule has 0 fully saturated rings. The van der Waals surface area contributed by atoms with Crippen molar-refractivity contribution in [1.29, 1.82) is 0 Å². The Balaban J connectivity index is 2.37. The van der Waals surface area contributed by atoms with Crippen LogP contribution >= 0.6 is 15.9 Å². The average Bonchev–Trinajstić information content (AvgIpc) is 2.50. The topological polar surface area (TPSA) is 50.1 Å². The molecule has 0 aliphatic heterocycles. The van der Waals surface area contributed by atoms with Gasteiger partial charge in [0.2, 0.25) is 0 Å². The Bertz CT molecular complexity index is 277. The number of aliphatic hydroxyl groups is 1. The molecule has 1 heterocycles. The van der Waals surface area contributed by atoms with E-state index in [4.69, 9.17) is 5.11 Å². The Morgan fingerprint density at radius 3 is 2.79 bits per heavy atom. The molecule has 2 N–H and O–H groups in total. The number of nitrogens with one attached hydrogen (secondary N) is 1. The van der Waals surface area contributed by atoms with Gasteiger partial charge in [0.25, 0.3) is 0 Å². The third-order valence-corrected chi connectivity index (χ3v) is 2.32. The summed E-state index contributed by atoms with van der Waals surface area (Å²) in [7, 11) is 0. The first kappa shape index (κ1) is 11.7. The molecule has 2 atom stereocenters. The highest BCUT2D eigenvalue weighted by atomic mass is 79.9. The molecule has 1 aromatic rings. The molecule has 4 nitrogen and oxygen atoms in total. The van der Waals surface area contributed by atoms with E-state index in [1.807, 2.05) is 17.8 Å². The average molecular weight is 262 g/mol. The molecule has 0 spiro atoms. The highest BCUT2D eigenvalue weighted by molar-refractivity contribution is 9.10. The maximum absolute atomic E-state index is 8.86. The molecule has 0 saturated carbocycles. The van der Waals surface area contributed by atoms with E-state index in [0.29, 0.717) is 6.04 Å². The Morgan fingerprint density at radius 1 is 1.57 bits per heavy atom. The SMILES string of the molecule is CC(Cn1cc(Br)cn1)N[C@@H](C)CO. The van der Waals surface area contributed by atoms with Crippen LogP contribution < -0.4 is 5.32 Å². The van der Waals surface area contributed by atoms with Crippen LogP contribution in [0, 0.1) is 0 Å². The lowest BCUT2D eigenvalue weighted by atomic mass is 10.2. The summed E-state index contributed by atoms with van der Waals surface area (Å²) in [6.45, 7) is 4.99. The number of halogens is 1. The van der Waals surface area contributed by atoms with Gasteiger partial charge in [0, 0.05) is 18.3 Å². The van der Waals surface area contributed by atoms with Gasteiger partial charge in [-0.25, -0.2) is 0 Å². The minimum atomic E-state index is 0.129. The van der Waals surface area contributed by atoms with E-state index >= 15 is 0 Å². The van der Waals surface area contributed by atoms with Crippen LogP contribution in [-0.2, 0) is 6.54 Å². The second-order valence-corrected chi connectivity index (χ2v) is 4.45. The first-order valence-electron chi connectivity index (χ1n) is 4.66. The second-order valence-electron chi connectivity index (χ2n) is 3.53. The fourth-order valence-corrected chi connectivity index (χ4v) is 1.64. The van der Waals surface area contributed by atoms with E-state index in [9.17, 15) is 0 Å². The standard InChI is InChI=1S/C9H16BrN3O/c1-7(12-8(2)6-14)4-13-5-9(10)3-11-13/h3,5,7-8,12,14H,4,6H2,1-2H3/t7?,8-/m0/s1. The van der Waals surface area contributed by atoms with E-state index in [1.54, 1.807) is 6.20 Å². The lowest BCUT2D eigenvalue weighted by Crippen LogP contribution is -2.39. The molecule has 14 heavy (non-hydrogen) atoms. The smallest absolute Gasteiger partial charge is 0.0632 e. The van der Waals surface area contributed by atoms with Crippen LogP contribution in [-0.4, -0.2) is 33.6 Å². The molecular weight excluding hydrogens is 246 g/mol. The molecule has 0 bridgehead atoms. The molecule has 0 saturated heterocycles. The van der Waals surface area contributed by atoms with Crippen LogP contribution in [0.25, 0.3) is 0 Å². The Labute approximate surface area is 92.4 Å². The van der Waals surface area contributed by atoms with Crippen LogP contribution in [0.5, 0.6) is 0 Å². The zero-order chi connectivity index (χ0) is 10.6. The van der Waals surface area contributed by atoms with Crippen molar-refractivity contribution in [3.8, 4) is 0 Å². The Hall–Kier alpha value is -0.390. The molecular formula is C9H16BrN3O. The van der Waals surface area contributed by atoms with Crippen molar-refractivity contribution in [2.24, 2.45) is 0 Å². The summed E-state index contributed by atoms with van der Waals surface area (Å²) < 4.78 is 2.85. The Morgan fingerprint density at radius 2 is 2.29 bits per heavy atom. The van der Waals surface area contributed by atoms with Gasteiger partial charge in [-0.1, -0.05) is 0 Å². The van der Waals surface area contributed by atoms with Gasteiger partial charge in [-0.15, -0.1) is 0 Å². The molecule has 0 radical (unpaired) electrons. The van der Waals surface area contributed by atoms with Crippen LogP contribution in [0.15, 0.2) is 16.9 Å². The lowest BCUT2D eigenvalue weighted by molar-refractivity contribution is 0.238. The summed E-state index contributed by atoms with van der Waals surface area (Å²) in [5.41, 5.74) is 0. The van der Waals surface area contributed by atoms with Crippen LogP contribution in [0.3, 0.4) is 0 Å². The van der Waals surface area contributed by atoms with Gasteiger partial charge in [-0.2, -0.15) is 5.10 Å². The van der Waals surface area contributed by atoms with E-state index in [0.717, 1.165) is 11.0 Å². The zero-order valence-electron chi connectivity index (χ0n) is 8.44. The molecule has 0 aromatic carbocycles. The maximum atomic E-state index is 8.86. The number of hydrogen-bond acceptors (Lipinski definition) is 3. The zero-order valence-corrected chi connectivity index (χ0v) is 10.0. The summed E-state index contributed by atoms with van der Waals surface area (Å²) >= 11 is 3.34. The van der Waals surface area contributed by atoms with Crippen molar-refractivity contribution in [3.05, 3.63) is 16.9 Å². The van der Waals surface area contributed by atoms with Crippen molar-refractivity contribution in [2.45, 2.75) is 32.5 Å². The first-order valence-corrected chi connectivity index (χ1v) is 5.46. The molecule has 5 heteroatoms. The first-order chi connectivity index (χ1) is 6.61. The molecule has 0 aliphatic carbocycles. The van der Waals surface area contributed by atoms with Crippen LogP contribution in [0.4, 0.5) is 0 Å². The summed E-state index contributed by atoms with van der Waals surface area (Å²) in [6, 6.07) is 0.424. The van der Waals surface area contributed by atoms with Gasteiger partial charge in [-0.05, 0) is 29.8 Å². The summed E-state index contributed by atoms with van der Waals surface area (Å²) in [4.78, 5) is 0. The summed E-state index contributed by atoms with van der Waals surface area (Å²) in [5, 5.41) is 16.3. The van der Waals surface area contributed by atoms with Crippen LogP contribution in [0.1, 0.15) is 13.8 Å². The molecule has 1 rings (SSSR count). The second kappa shape index (κ2) is 5.48. The quantitative estimate of drug-likeness (QED) is 0.832. The van der Waals surface area contributed by atoms with Gasteiger partial charge in [0.1, 0.15) is 0 Å². The third-order valence-electron chi connectivity index (χ3n) is 1.91. The maximum Gasteiger partial charge on any atom is 0.0632 e. The van der Waals surface area contributed by atoms with Gasteiger partial charge in [0.15, 0.2) is 0 Å². The van der Waals surface area contributed by atoms with E-state index in [1.165, 1.54) is 0 Å². The van der Waals surface area contributed by atoms with E-state index in [-0.39, 0.29) is 12.6 Å². The van der Waals surface area contributed by atoms with Gasteiger partial charge in [-0.3, -0.25) is 4.68 Å². The third kappa shape index (κ3) is 3.77. The molecule has 80 valence electrons. The number of hydrogen-bond donors (Lipinski definition) is 2. The lowest BCUT2D eigenvalue weighted by Gasteiger charge is -2.17. The number of nitrogens with zero attached hydrogens (tertiary/aromatic N) is 2. The predicted octanol–water partition coefficient (Wildman–Crippen LogP) is 1.00. The van der Waals surface area contributed by atoms with Crippen LogP contribution in [0.2, 0.25) is 0 Å². The fourth-order valence-electron chi connectivity index (χ4n) is 1.31. The van der Waals surface area contributed by atoms with E-state index in [2.05, 4.69) is 33.3 Å². The van der Waals surface area contributed by atoms with E-state index < -0.39 is 0 Å². The van der Waals surface area contributed by atoms with Crippen molar-refractivity contribution in [1.82, 2.24) is 15.1 Å². The van der Waals surface area contributed by atoms with Gasteiger partial charge in [0.05, 0.1) is 23.8 Å². The number of aliphatic hydroxyl groups excluding tert-OH is 1. The molecule has 0 aliphatic rings. The largest absolute Gasteiger partial charge is 0.395 e. The fraction of sp³-hybridized carbons (Fsp3) is 0.667. The minimum absolute atomic E-state index is 0.129. The summed E-state index contributed by atoms with van der Waals surface area (Å²) in [6.07, 6.45) is 3.70.